The maximum atomic E-state index is 12.0. The minimum atomic E-state index is -3.47. The van der Waals surface area contributed by atoms with Crippen LogP contribution in [0.15, 0.2) is 44.5 Å². The molecule has 0 spiro atoms. The fraction of sp³-hybridized carbons (Fsp3) is 0.182. The summed E-state index contributed by atoms with van der Waals surface area (Å²) >= 11 is 4.73. The average Bonchev–Trinajstić information content (AvgIpc) is 2.82. The number of sulfonamides is 1. The average molecular weight is 347 g/mol. The highest BCUT2D eigenvalue weighted by Crippen LogP contribution is 2.20. The normalized spacial score (nSPS) is 11.6. The Bertz CT molecular complexity index is 612. The SMILES string of the molecule is O=S(=O)(NCCc1cscn1)c1ccccc1Br. The van der Waals surface area contributed by atoms with Crippen LogP contribution in [0.3, 0.4) is 0 Å². The molecule has 0 amide bonds. The molecule has 0 radical (unpaired) electrons. The van der Waals surface area contributed by atoms with E-state index < -0.39 is 10.0 Å². The van der Waals surface area contributed by atoms with Gasteiger partial charge >= 0.3 is 0 Å². The molecule has 0 aliphatic heterocycles. The van der Waals surface area contributed by atoms with Crippen LogP contribution < -0.4 is 4.72 Å². The first-order chi connectivity index (χ1) is 8.59. The van der Waals surface area contributed by atoms with E-state index in [1.165, 1.54) is 11.3 Å². The van der Waals surface area contributed by atoms with Gasteiger partial charge in [-0.15, -0.1) is 11.3 Å². The van der Waals surface area contributed by atoms with Crippen LogP contribution in [0.5, 0.6) is 0 Å². The van der Waals surface area contributed by atoms with Gasteiger partial charge in [-0.2, -0.15) is 0 Å². The van der Waals surface area contributed by atoms with Crippen LogP contribution in [-0.2, 0) is 16.4 Å². The zero-order valence-corrected chi connectivity index (χ0v) is 12.6. The molecule has 0 saturated carbocycles. The number of thiazole rings is 1. The standard InChI is InChI=1S/C11H11BrN2O2S2/c12-10-3-1-2-4-11(10)18(15,16)14-6-5-9-7-17-8-13-9/h1-4,7-8,14H,5-6H2. The fourth-order valence-corrected chi connectivity index (χ4v) is 4.04. The summed E-state index contributed by atoms with van der Waals surface area (Å²) in [5, 5.41) is 1.91. The fourth-order valence-electron chi connectivity index (χ4n) is 1.41. The van der Waals surface area contributed by atoms with Gasteiger partial charge in [0.25, 0.3) is 0 Å². The van der Waals surface area contributed by atoms with Crippen LogP contribution in [0, 0.1) is 0 Å². The summed E-state index contributed by atoms with van der Waals surface area (Å²) in [5.41, 5.74) is 2.63. The third-order valence-electron chi connectivity index (χ3n) is 2.28. The molecular formula is C11H11BrN2O2S2. The molecule has 2 aromatic rings. The molecule has 7 heteroatoms. The number of hydrogen-bond acceptors (Lipinski definition) is 4. The number of aromatic nitrogens is 1. The van der Waals surface area contributed by atoms with Crippen molar-refractivity contribution in [2.45, 2.75) is 11.3 Å². The predicted octanol–water partition coefficient (Wildman–Crippen LogP) is 2.43. The van der Waals surface area contributed by atoms with E-state index in [1.807, 2.05) is 5.38 Å². The van der Waals surface area contributed by atoms with E-state index >= 15 is 0 Å². The van der Waals surface area contributed by atoms with Crippen molar-refractivity contribution < 1.29 is 8.42 Å². The maximum absolute atomic E-state index is 12.0. The molecule has 1 heterocycles. The minimum Gasteiger partial charge on any atom is -0.250 e. The first kappa shape index (κ1) is 13.7. The van der Waals surface area contributed by atoms with Crippen LogP contribution >= 0.6 is 27.3 Å². The highest BCUT2D eigenvalue weighted by Gasteiger charge is 2.16. The molecule has 0 saturated heterocycles. The van der Waals surface area contributed by atoms with Crippen molar-refractivity contribution in [2.75, 3.05) is 6.54 Å². The molecule has 18 heavy (non-hydrogen) atoms. The summed E-state index contributed by atoms with van der Waals surface area (Å²) in [6.45, 7) is 0.341. The van der Waals surface area contributed by atoms with Crippen molar-refractivity contribution in [3.8, 4) is 0 Å². The molecule has 4 nitrogen and oxygen atoms in total. The van der Waals surface area contributed by atoms with Crippen molar-refractivity contribution in [3.05, 3.63) is 45.3 Å². The summed E-state index contributed by atoms with van der Waals surface area (Å²) < 4.78 is 27.2. The Morgan fingerprint density at radius 3 is 2.78 bits per heavy atom. The Kier molecular flexibility index (Phi) is 4.50. The van der Waals surface area contributed by atoms with Gasteiger partial charge in [0.1, 0.15) is 0 Å². The van der Waals surface area contributed by atoms with Gasteiger partial charge in [0.2, 0.25) is 10.0 Å². The quantitative estimate of drug-likeness (QED) is 0.904. The molecule has 0 atom stereocenters. The van der Waals surface area contributed by atoms with Crippen molar-refractivity contribution in [2.24, 2.45) is 0 Å². The molecular weight excluding hydrogens is 336 g/mol. The van der Waals surface area contributed by atoms with Crippen molar-refractivity contribution in [1.29, 1.82) is 0 Å². The molecule has 0 aliphatic carbocycles. The smallest absolute Gasteiger partial charge is 0.241 e. The number of benzene rings is 1. The number of nitrogens with one attached hydrogen (secondary N) is 1. The summed E-state index contributed by atoms with van der Waals surface area (Å²) in [6.07, 6.45) is 0.590. The van der Waals surface area contributed by atoms with E-state index in [1.54, 1.807) is 29.8 Å². The van der Waals surface area contributed by atoms with Crippen LogP contribution in [-0.4, -0.2) is 19.9 Å². The van der Waals surface area contributed by atoms with Gasteiger partial charge in [-0.3, -0.25) is 0 Å². The monoisotopic (exact) mass is 346 g/mol. The van der Waals surface area contributed by atoms with Gasteiger partial charge in [0.15, 0.2) is 0 Å². The lowest BCUT2D eigenvalue weighted by atomic mass is 10.3. The van der Waals surface area contributed by atoms with Crippen LogP contribution in [0.4, 0.5) is 0 Å². The zero-order valence-electron chi connectivity index (χ0n) is 9.34. The largest absolute Gasteiger partial charge is 0.250 e. The number of halogens is 1. The Balaban J connectivity index is 2.02. The van der Waals surface area contributed by atoms with Crippen molar-refractivity contribution >= 4 is 37.3 Å². The molecule has 1 N–H and O–H groups in total. The van der Waals surface area contributed by atoms with Crippen LogP contribution in [0.25, 0.3) is 0 Å². The maximum Gasteiger partial charge on any atom is 0.241 e. The summed E-state index contributed by atoms with van der Waals surface area (Å²) in [4.78, 5) is 4.35. The second kappa shape index (κ2) is 5.92. The lowest BCUT2D eigenvalue weighted by Gasteiger charge is -2.07. The summed E-state index contributed by atoms with van der Waals surface area (Å²) in [6, 6.07) is 6.74. The Morgan fingerprint density at radius 1 is 1.33 bits per heavy atom. The van der Waals surface area contributed by atoms with E-state index in [4.69, 9.17) is 0 Å². The molecule has 2 rings (SSSR count). The van der Waals surface area contributed by atoms with Crippen LogP contribution in [0.1, 0.15) is 5.69 Å². The van der Waals surface area contributed by atoms with E-state index in [0.717, 1.165) is 5.69 Å². The molecule has 0 fully saturated rings. The molecule has 0 bridgehead atoms. The van der Waals surface area contributed by atoms with E-state index in [2.05, 4.69) is 25.6 Å². The van der Waals surface area contributed by atoms with Crippen LogP contribution in [0.2, 0.25) is 0 Å². The zero-order chi connectivity index (χ0) is 13.0. The van der Waals surface area contributed by atoms with Gasteiger partial charge in [0.05, 0.1) is 16.1 Å². The summed E-state index contributed by atoms with van der Waals surface area (Å²) in [7, 11) is -3.47. The highest BCUT2D eigenvalue weighted by atomic mass is 79.9. The second-order valence-corrected chi connectivity index (χ2v) is 6.87. The topological polar surface area (TPSA) is 59.1 Å². The van der Waals surface area contributed by atoms with Gasteiger partial charge in [-0.05, 0) is 28.1 Å². The van der Waals surface area contributed by atoms with Gasteiger partial charge < -0.3 is 0 Å². The molecule has 96 valence electrons. The van der Waals surface area contributed by atoms with Gasteiger partial charge in [-0.1, -0.05) is 12.1 Å². The first-order valence-electron chi connectivity index (χ1n) is 5.21. The molecule has 0 unspecified atom stereocenters. The van der Waals surface area contributed by atoms with E-state index in [-0.39, 0.29) is 4.90 Å². The third kappa shape index (κ3) is 3.38. The number of hydrogen-bond donors (Lipinski definition) is 1. The highest BCUT2D eigenvalue weighted by molar-refractivity contribution is 9.10. The third-order valence-corrected chi connectivity index (χ3v) is 5.39. The van der Waals surface area contributed by atoms with Crippen molar-refractivity contribution in [1.82, 2.24) is 9.71 Å². The molecule has 1 aromatic heterocycles. The molecule has 0 aliphatic rings. The van der Waals surface area contributed by atoms with E-state index in [9.17, 15) is 8.42 Å². The number of nitrogens with zero attached hydrogens (tertiary/aromatic N) is 1. The lowest BCUT2D eigenvalue weighted by Crippen LogP contribution is -2.26. The minimum absolute atomic E-state index is 0.253. The number of rotatable bonds is 5. The van der Waals surface area contributed by atoms with Crippen molar-refractivity contribution in [3.63, 3.8) is 0 Å². The summed E-state index contributed by atoms with van der Waals surface area (Å²) in [5.74, 6) is 0. The Hall–Kier alpha value is -0.760. The van der Waals surface area contributed by atoms with Gasteiger partial charge in [0, 0.05) is 22.8 Å². The first-order valence-corrected chi connectivity index (χ1v) is 8.43. The Morgan fingerprint density at radius 2 is 2.11 bits per heavy atom. The lowest BCUT2D eigenvalue weighted by molar-refractivity contribution is 0.581. The van der Waals surface area contributed by atoms with Gasteiger partial charge in [-0.25, -0.2) is 18.1 Å². The second-order valence-electron chi connectivity index (χ2n) is 3.56. The Labute approximate surface area is 118 Å². The molecule has 1 aromatic carbocycles. The van der Waals surface area contributed by atoms with E-state index in [0.29, 0.717) is 17.4 Å². The predicted molar refractivity (Wildman–Crippen MR) is 75.1 cm³/mol.